The van der Waals surface area contributed by atoms with Crippen molar-refractivity contribution in [2.45, 2.75) is 0 Å². The van der Waals surface area contributed by atoms with Gasteiger partial charge < -0.3 is 15.2 Å². The largest absolute Gasteiger partial charge is 0.497 e. The zero-order valence-corrected chi connectivity index (χ0v) is 11.8. The molecule has 0 spiro atoms. The van der Waals surface area contributed by atoms with Gasteiger partial charge in [-0.1, -0.05) is 36.4 Å². The maximum atomic E-state index is 5.32. The molecule has 3 aromatic rings. The topological polar surface area (TPSA) is 33.3 Å². The molecule has 1 aliphatic heterocycles. The van der Waals surface area contributed by atoms with Gasteiger partial charge in [0.15, 0.2) is 0 Å². The summed E-state index contributed by atoms with van der Waals surface area (Å²) >= 11 is 0. The van der Waals surface area contributed by atoms with Gasteiger partial charge in [-0.25, -0.2) is 0 Å². The fraction of sp³-hybridized carbons (Fsp3) is 0.0588. The third-order valence-corrected chi connectivity index (χ3v) is 3.93. The van der Waals surface area contributed by atoms with E-state index >= 15 is 0 Å². The number of hydrogen-bond acceptors (Lipinski definition) is 3. The molecule has 0 fully saturated rings. The van der Waals surface area contributed by atoms with E-state index in [9.17, 15) is 0 Å². The lowest BCUT2D eigenvalue weighted by atomic mass is 9.66. The van der Waals surface area contributed by atoms with Crippen molar-refractivity contribution >= 4 is 34.6 Å². The van der Waals surface area contributed by atoms with E-state index in [2.05, 4.69) is 59.0 Å². The van der Waals surface area contributed by atoms with E-state index in [1.165, 1.54) is 10.8 Å². The Labute approximate surface area is 124 Å². The number of ether oxygens (including phenoxy) is 1. The SMILES string of the molecule is COc1cccc(B2Nc3cccc4cccc(c34)N2)c1. The first kappa shape index (κ1) is 12.2. The third kappa shape index (κ3) is 2.00. The number of anilines is 2. The smallest absolute Gasteiger partial charge is 0.406 e. The van der Waals surface area contributed by atoms with Crippen molar-refractivity contribution in [3.63, 3.8) is 0 Å². The highest BCUT2D eigenvalue weighted by atomic mass is 16.5. The minimum absolute atomic E-state index is 0.0422. The van der Waals surface area contributed by atoms with Crippen LogP contribution in [0.2, 0.25) is 0 Å². The molecule has 0 amide bonds. The summed E-state index contributed by atoms with van der Waals surface area (Å²) in [6.07, 6.45) is 0. The summed E-state index contributed by atoms with van der Waals surface area (Å²) in [6.45, 7) is 0.0422. The number of hydrogen-bond donors (Lipinski definition) is 2. The second-order valence-electron chi connectivity index (χ2n) is 5.21. The summed E-state index contributed by atoms with van der Waals surface area (Å²) in [4.78, 5) is 0. The van der Waals surface area contributed by atoms with Crippen molar-refractivity contribution in [2.75, 3.05) is 17.6 Å². The Hall–Kier alpha value is -2.62. The first-order valence-electron chi connectivity index (χ1n) is 7.04. The molecule has 0 aromatic heterocycles. The zero-order valence-electron chi connectivity index (χ0n) is 11.8. The summed E-state index contributed by atoms with van der Waals surface area (Å²) in [5, 5.41) is 9.62. The molecule has 21 heavy (non-hydrogen) atoms. The van der Waals surface area contributed by atoms with Crippen LogP contribution in [0.25, 0.3) is 10.8 Å². The Balaban J connectivity index is 1.79. The quantitative estimate of drug-likeness (QED) is 0.704. The molecule has 4 rings (SSSR count). The van der Waals surface area contributed by atoms with E-state index in [1.807, 2.05) is 12.1 Å². The third-order valence-electron chi connectivity index (χ3n) is 3.93. The minimum atomic E-state index is 0.0422. The lowest BCUT2D eigenvalue weighted by Crippen LogP contribution is -2.47. The Bertz CT molecular complexity index is 778. The molecule has 0 atom stereocenters. The van der Waals surface area contributed by atoms with Crippen LogP contribution in [0.5, 0.6) is 5.75 Å². The van der Waals surface area contributed by atoms with Crippen molar-refractivity contribution in [1.29, 1.82) is 0 Å². The second-order valence-corrected chi connectivity index (χ2v) is 5.21. The summed E-state index contributed by atoms with van der Waals surface area (Å²) in [7, 11) is 1.69. The molecule has 0 unspecified atom stereocenters. The molecule has 3 nitrogen and oxygen atoms in total. The molecule has 0 aliphatic carbocycles. The Morgan fingerprint density at radius 2 is 1.52 bits per heavy atom. The highest BCUT2D eigenvalue weighted by Crippen LogP contribution is 2.33. The molecule has 102 valence electrons. The van der Waals surface area contributed by atoms with Crippen molar-refractivity contribution in [2.24, 2.45) is 0 Å². The maximum absolute atomic E-state index is 5.32. The van der Waals surface area contributed by atoms with Crippen molar-refractivity contribution in [3.05, 3.63) is 60.7 Å². The van der Waals surface area contributed by atoms with Crippen LogP contribution in [0.3, 0.4) is 0 Å². The van der Waals surface area contributed by atoms with Gasteiger partial charge in [0.25, 0.3) is 0 Å². The van der Waals surface area contributed by atoms with E-state index in [0.717, 1.165) is 22.6 Å². The van der Waals surface area contributed by atoms with Gasteiger partial charge in [0.2, 0.25) is 0 Å². The molecule has 3 aromatic carbocycles. The second kappa shape index (κ2) is 4.74. The van der Waals surface area contributed by atoms with E-state index in [0.29, 0.717) is 0 Å². The van der Waals surface area contributed by atoms with Crippen molar-refractivity contribution < 1.29 is 4.74 Å². The van der Waals surface area contributed by atoms with Crippen LogP contribution in [0.4, 0.5) is 11.4 Å². The first-order chi connectivity index (χ1) is 10.3. The summed E-state index contributed by atoms with van der Waals surface area (Å²) in [5.74, 6) is 0.869. The van der Waals surface area contributed by atoms with E-state index in [-0.39, 0.29) is 6.98 Å². The standard InChI is InChI=1S/C17H15BN2O/c1-21-14-8-4-7-13(11-14)18-19-15-9-2-5-12-6-3-10-16(20-18)17(12)15/h2-11,19-20H,1H3. The highest BCUT2D eigenvalue weighted by molar-refractivity contribution is 6.80. The average molecular weight is 274 g/mol. The van der Waals surface area contributed by atoms with Gasteiger partial charge in [0.05, 0.1) is 7.11 Å². The van der Waals surface area contributed by atoms with Crippen molar-refractivity contribution in [3.8, 4) is 5.75 Å². The van der Waals surface area contributed by atoms with Crippen LogP contribution in [0, 0.1) is 0 Å². The number of rotatable bonds is 2. The molecule has 0 bridgehead atoms. The predicted molar refractivity (Wildman–Crippen MR) is 89.6 cm³/mol. The Kier molecular flexibility index (Phi) is 2.74. The summed E-state index contributed by atoms with van der Waals surface area (Å²) < 4.78 is 5.32. The molecule has 0 saturated heterocycles. The van der Waals surface area contributed by atoms with Gasteiger partial charge in [-0.3, -0.25) is 0 Å². The molecule has 1 heterocycles. The van der Waals surface area contributed by atoms with Crippen molar-refractivity contribution in [1.82, 2.24) is 0 Å². The molecule has 2 N–H and O–H groups in total. The number of methoxy groups -OCH3 is 1. The van der Waals surface area contributed by atoms with Crippen LogP contribution in [-0.4, -0.2) is 14.1 Å². The fourth-order valence-electron chi connectivity index (χ4n) is 2.92. The van der Waals surface area contributed by atoms with Crippen LogP contribution in [0.15, 0.2) is 60.7 Å². The van der Waals surface area contributed by atoms with Crippen LogP contribution >= 0.6 is 0 Å². The first-order valence-corrected chi connectivity index (χ1v) is 7.04. The normalized spacial score (nSPS) is 12.7. The fourth-order valence-corrected chi connectivity index (χ4v) is 2.92. The van der Waals surface area contributed by atoms with Gasteiger partial charge in [-0.15, -0.1) is 0 Å². The van der Waals surface area contributed by atoms with Gasteiger partial charge in [0.1, 0.15) is 5.75 Å². The molecular weight excluding hydrogens is 259 g/mol. The van der Waals surface area contributed by atoms with Crippen LogP contribution in [-0.2, 0) is 0 Å². The summed E-state index contributed by atoms with van der Waals surface area (Å²) in [6, 6.07) is 20.8. The van der Waals surface area contributed by atoms with Crippen LogP contribution in [0.1, 0.15) is 0 Å². The van der Waals surface area contributed by atoms with E-state index in [4.69, 9.17) is 4.74 Å². The minimum Gasteiger partial charge on any atom is -0.497 e. The monoisotopic (exact) mass is 274 g/mol. The van der Waals surface area contributed by atoms with E-state index in [1.54, 1.807) is 7.11 Å². The predicted octanol–water partition coefficient (Wildman–Crippen LogP) is 3.08. The molecule has 4 heteroatoms. The zero-order chi connectivity index (χ0) is 14.2. The van der Waals surface area contributed by atoms with Crippen LogP contribution < -0.4 is 20.7 Å². The Morgan fingerprint density at radius 1 is 0.857 bits per heavy atom. The van der Waals surface area contributed by atoms with Gasteiger partial charge in [-0.2, -0.15) is 0 Å². The molecule has 0 radical (unpaired) electrons. The highest BCUT2D eigenvalue weighted by Gasteiger charge is 2.25. The molecule has 0 saturated carbocycles. The number of benzene rings is 3. The van der Waals surface area contributed by atoms with Gasteiger partial charge in [-0.05, 0) is 35.1 Å². The lowest BCUT2D eigenvalue weighted by molar-refractivity contribution is 0.415. The molecular formula is C17H15BN2O. The lowest BCUT2D eigenvalue weighted by Gasteiger charge is -2.27. The molecule has 1 aliphatic rings. The van der Waals surface area contributed by atoms with E-state index < -0.39 is 0 Å². The summed E-state index contributed by atoms with van der Waals surface area (Å²) in [5.41, 5.74) is 3.48. The average Bonchev–Trinajstić information content (AvgIpc) is 2.55. The Morgan fingerprint density at radius 3 is 2.19 bits per heavy atom. The van der Waals surface area contributed by atoms with Gasteiger partial charge >= 0.3 is 6.98 Å². The van der Waals surface area contributed by atoms with Gasteiger partial charge in [0, 0.05) is 16.8 Å². The maximum Gasteiger partial charge on any atom is 0.406 e. The number of nitrogens with one attached hydrogen (secondary N) is 2.